The number of aromatic hydroxyl groups is 1. The molecule has 1 N–H and O–H groups in total. The van der Waals surface area contributed by atoms with Crippen LogP contribution in [0.2, 0.25) is 0 Å². The highest BCUT2D eigenvalue weighted by Gasteiger charge is 2.66. The van der Waals surface area contributed by atoms with E-state index in [1.54, 1.807) is 13.2 Å². The molecule has 1 aromatic rings. The maximum Gasteiger partial charge on any atom is 0.160 e. The lowest BCUT2D eigenvalue weighted by Gasteiger charge is -2.47. The first-order valence-electron chi connectivity index (χ1n) is 8.12. The minimum absolute atomic E-state index is 0.0302. The number of hydrogen-bond acceptors (Lipinski definition) is 4. The maximum absolute atomic E-state index is 10.0. The number of phenols is 1. The summed E-state index contributed by atoms with van der Waals surface area (Å²) in [6.07, 6.45) is 4.24. The zero-order valence-corrected chi connectivity index (χ0v) is 14.3. The van der Waals surface area contributed by atoms with Gasteiger partial charge in [0.15, 0.2) is 11.5 Å². The number of methoxy groups -OCH3 is 1. The second-order valence-electron chi connectivity index (χ2n) is 7.55. The Morgan fingerprint density at radius 2 is 2.18 bits per heavy atom. The molecule has 4 atom stereocenters. The van der Waals surface area contributed by atoms with Gasteiger partial charge in [0.05, 0.1) is 13.2 Å². The van der Waals surface area contributed by atoms with E-state index in [1.807, 2.05) is 23.9 Å². The zero-order chi connectivity index (χ0) is 15.5. The highest BCUT2D eigenvalue weighted by Crippen LogP contribution is 2.70. The van der Waals surface area contributed by atoms with Crippen LogP contribution in [0.5, 0.6) is 11.5 Å². The van der Waals surface area contributed by atoms with Crippen molar-refractivity contribution in [1.82, 2.24) is 0 Å². The third-order valence-corrected chi connectivity index (χ3v) is 7.98. The Morgan fingerprint density at radius 1 is 1.36 bits per heavy atom. The summed E-state index contributed by atoms with van der Waals surface area (Å²) in [5.74, 6) is 2.68. The first kappa shape index (κ1) is 14.7. The molecule has 3 nitrogen and oxygen atoms in total. The fourth-order valence-corrected chi connectivity index (χ4v) is 6.67. The Bertz CT molecular complexity index is 600. The summed E-state index contributed by atoms with van der Waals surface area (Å²) in [5, 5.41) is 10.0. The van der Waals surface area contributed by atoms with Crippen molar-refractivity contribution in [3.05, 3.63) is 23.8 Å². The molecule has 2 bridgehead atoms. The standard InChI is InChI=1S/C18H24O3S/c1-17(2)12-6-7-18(17)10-22-16(21-15(18)9-12)11-4-5-14(20-3)13(19)8-11/h4-5,8,12,15-16,19H,6-7,9-10H2,1-3H3/t12-,15-,16-,18-/m1/s1. The minimum Gasteiger partial charge on any atom is -0.504 e. The molecule has 1 spiro atoms. The van der Waals surface area contributed by atoms with Gasteiger partial charge in [0, 0.05) is 11.2 Å². The molecular formula is C18H24O3S. The summed E-state index contributed by atoms with van der Waals surface area (Å²) in [6, 6.07) is 5.61. The summed E-state index contributed by atoms with van der Waals surface area (Å²) in [6.45, 7) is 4.88. The Balaban J connectivity index is 1.58. The number of thioether (sulfide) groups is 1. The molecule has 2 aliphatic carbocycles. The molecule has 0 aromatic heterocycles. The zero-order valence-electron chi connectivity index (χ0n) is 13.5. The van der Waals surface area contributed by atoms with Crippen molar-refractivity contribution in [3.63, 3.8) is 0 Å². The van der Waals surface area contributed by atoms with Gasteiger partial charge in [0.25, 0.3) is 0 Å². The normalized spacial score (nSPS) is 38.8. The van der Waals surface area contributed by atoms with Crippen molar-refractivity contribution in [2.75, 3.05) is 12.9 Å². The first-order chi connectivity index (χ1) is 10.5. The predicted molar refractivity (Wildman–Crippen MR) is 88.3 cm³/mol. The number of hydrogen-bond donors (Lipinski definition) is 1. The molecule has 0 amide bonds. The van der Waals surface area contributed by atoms with Crippen LogP contribution in [-0.2, 0) is 4.74 Å². The Kier molecular flexibility index (Phi) is 3.22. The van der Waals surface area contributed by atoms with Gasteiger partial charge < -0.3 is 14.6 Å². The van der Waals surface area contributed by atoms with Crippen LogP contribution in [0.4, 0.5) is 0 Å². The second-order valence-corrected chi connectivity index (χ2v) is 8.60. The largest absolute Gasteiger partial charge is 0.504 e. The quantitative estimate of drug-likeness (QED) is 0.879. The van der Waals surface area contributed by atoms with Gasteiger partial charge in [0.1, 0.15) is 5.44 Å². The Hall–Kier alpha value is -0.870. The number of rotatable bonds is 2. The van der Waals surface area contributed by atoms with Crippen molar-refractivity contribution in [2.45, 2.75) is 44.6 Å². The van der Waals surface area contributed by atoms with Crippen LogP contribution in [0.15, 0.2) is 18.2 Å². The fraction of sp³-hybridized carbons (Fsp3) is 0.667. The fourth-order valence-electron chi connectivity index (χ4n) is 4.97. The summed E-state index contributed by atoms with van der Waals surface area (Å²) in [4.78, 5) is 0. The van der Waals surface area contributed by atoms with Crippen molar-refractivity contribution < 1.29 is 14.6 Å². The number of ether oxygens (including phenoxy) is 2. The molecule has 4 rings (SSSR count). The van der Waals surface area contributed by atoms with Gasteiger partial charge in [-0.05, 0) is 48.3 Å². The average molecular weight is 320 g/mol. The van der Waals surface area contributed by atoms with E-state index >= 15 is 0 Å². The highest BCUT2D eigenvalue weighted by atomic mass is 32.2. The molecule has 1 aliphatic heterocycles. The van der Waals surface area contributed by atoms with Crippen LogP contribution < -0.4 is 4.74 Å². The molecule has 22 heavy (non-hydrogen) atoms. The lowest BCUT2D eigenvalue weighted by Crippen LogP contribution is -2.45. The molecule has 2 saturated carbocycles. The third-order valence-electron chi connectivity index (χ3n) is 6.61. The van der Waals surface area contributed by atoms with Gasteiger partial charge in [-0.15, -0.1) is 11.8 Å². The maximum atomic E-state index is 10.0. The van der Waals surface area contributed by atoms with E-state index in [9.17, 15) is 5.11 Å². The predicted octanol–water partition coefficient (Wildman–Crippen LogP) is 4.36. The van der Waals surface area contributed by atoms with Crippen LogP contribution in [0.1, 0.15) is 44.1 Å². The van der Waals surface area contributed by atoms with E-state index in [4.69, 9.17) is 9.47 Å². The lowest BCUT2D eigenvalue weighted by atomic mass is 9.69. The van der Waals surface area contributed by atoms with Gasteiger partial charge in [-0.25, -0.2) is 0 Å². The third kappa shape index (κ3) is 1.80. The lowest BCUT2D eigenvalue weighted by molar-refractivity contribution is -0.0670. The SMILES string of the molecule is COc1ccc([C@@H]2O[C@@H]3C[C@H]4CC[C@]3(CS2)C4(C)C)cc1O. The topological polar surface area (TPSA) is 38.7 Å². The molecule has 3 aliphatic rings. The molecule has 1 saturated heterocycles. The van der Waals surface area contributed by atoms with Crippen LogP contribution in [0.3, 0.4) is 0 Å². The van der Waals surface area contributed by atoms with E-state index in [0.29, 0.717) is 22.7 Å². The van der Waals surface area contributed by atoms with E-state index < -0.39 is 0 Å². The molecule has 4 heteroatoms. The van der Waals surface area contributed by atoms with Gasteiger partial charge in [-0.2, -0.15) is 0 Å². The average Bonchev–Trinajstić information content (AvgIpc) is 2.88. The number of phenolic OH excluding ortho intramolecular Hbond substituents is 1. The van der Waals surface area contributed by atoms with Crippen LogP contribution >= 0.6 is 11.8 Å². The van der Waals surface area contributed by atoms with Gasteiger partial charge in [0.2, 0.25) is 0 Å². The molecule has 1 heterocycles. The van der Waals surface area contributed by atoms with Crippen molar-refractivity contribution in [1.29, 1.82) is 0 Å². The van der Waals surface area contributed by atoms with Gasteiger partial charge in [-0.1, -0.05) is 19.9 Å². The monoisotopic (exact) mass is 320 g/mol. The minimum atomic E-state index is 0.0302. The van der Waals surface area contributed by atoms with Gasteiger partial charge in [-0.3, -0.25) is 0 Å². The van der Waals surface area contributed by atoms with E-state index in [1.165, 1.54) is 25.0 Å². The molecular weight excluding hydrogens is 296 g/mol. The molecule has 1 aromatic carbocycles. The number of benzene rings is 1. The van der Waals surface area contributed by atoms with E-state index in [-0.39, 0.29) is 11.2 Å². The molecule has 120 valence electrons. The first-order valence-corrected chi connectivity index (χ1v) is 9.17. The Morgan fingerprint density at radius 3 is 2.86 bits per heavy atom. The second kappa shape index (κ2) is 4.81. The van der Waals surface area contributed by atoms with Crippen molar-refractivity contribution in [3.8, 4) is 11.5 Å². The van der Waals surface area contributed by atoms with Crippen molar-refractivity contribution in [2.24, 2.45) is 16.7 Å². The summed E-state index contributed by atoms with van der Waals surface area (Å²) >= 11 is 1.89. The smallest absolute Gasteiger partial charge is 0.160 e. The van der Waals surface area contributed by atoms with Crippen LogP contribution in [-0.4, -0.2) is 24.1 Å². The van der Waals surface area contributed by atoms with Crippen LogP contribution in [0, 0.1) is 16.7 Å². The van der Waals surface area contributed by atoms with E-state index in [0.717, 1.165) is 11.5 Å². The van der Waals surface area contributed by atoms with Crippen molar-refractivity contribution >= 4 is 11.8 Å². The summed E-state index contributed by atoms with van der Waals surface area (Å²) in [7, 11) is 1.57. The van der Waals surface area contributed by atoms with Gasteiger partial charge >= 0.3 is 0 Å². The van der Waals surface area contributed by atoms with E-state index in [2.05, 4.69) is 13.8 Å². The Labute approximate surface area is 136 Å². The van der Waals surface area contributed by atoms with Crippen LogP contribution in [0.25, 0.3) is 0 Å². The molecule has 0 radical (unpaired) electrons. The summed E-state index contributed by atoms with van der Waals surface area (Å²) in [5.41, 5.74) is 1.83. The highest BCUT2D eigenvalue weighted by molar-refractivity contribution is 7.99. The number of fused-ring (bicyclic) bond motifs is 1. The summed E-state index contributed by atoms with van der Waals surface area (Å²) < 4.78 is 11.6. The molecule has 3 fully saturated rings. The molecule has 0 unspecified atom stereocenters.